The normalized spacial score (nSPS) is 9.65. The highest BCUT2D eigenvalue weighted by molar-refractivity contribution is 6.32. The number of anilines is 1. The summed E-state index contributed by atoms with van der Waals surface area (Å²) in [5, 5.41) is 20.2. The Morgan fingerprint density at radius 3 is 2.70 bits per heavy atom. The van der Waals surface area contributed by atoms with Crippen LogP contribution < -0.4 is 5.32 Å². The van der Waals surface area contributed by atoms with E-state index in [-0.39, 0.29) is 18.0 Å². The van der Waals surface area contributed by atoms with Crippen molar-refractivity contribution in [3.05, 3.63) is 28.8 Å². The minimum atomic E-state index is -0.960. The van der Waals surface area contributed by atoms with Crippen molar-refractivity contribution < 1.29 is 14.7 Å². The largest absolute Gasteiger partial charge is 0.481 e. The molecule has 2 amide bonds. The molecule has 6 nitrogen and oxygen atoms in total. The number of nitrogens with zero attached hydrogens (tertiary/aromatic N) is 2. The van der Waals surface area contributed by atoms with Crippen molar-refractivity contribution >= 4 is 29.3 Å². The smallest absolute Gasteiger partial charge is 0.321 e. The van der Waals surface area contributed by atoms with Gasteiger partial charge in [-0.15, -0.1) is 0 Å². The number of benzene rings is 1. The molecule has 7 heteroatoms. The third-order valence-corrected chi connectivity index (χ3v) is 2.92. The maximum Gasteiger partial charge on any atom is 0.321 e. The number of halogens is 1. The van der Waals surface area contributed by atoms with Gasteiger partial charge in [0.2, 0.25) is 0 Å². The predicted molar refractivity (Wildman–Crippen MR) is 74.7 cm³/mol. The van der Waals surface area contributed by atoms with E-state index >= 15 is 0 Å². The Balaban J connectivity index is 2.71. The number of amides is 2. The summed E-state index contributed by atoms with van der Waals surface area (Å²) in [6, 6.07) is 6.06. The average Bonchev–Trinajstić information content (AvgIpc) is 2.39. The monoisotopic (exact) mass is 295 g/mol. The van der Waals surface area contributed by atoms with Crippen LogP contribution in [0.5, 0.6) is 0 Å². The van der Waals surface area contributed by atoms with Crippen molar-refractivity contribution in [1.29, 1.82) is 5.26 Å². The first-order chi connectivity index (χ1) is 9.47. The van der Waals surface area contributed by atoms with Gasteiger partial charge < -0.3 is 15.3 Å². The zero-order chi connectivity index (χ0) is 15.1. The van der Waals surface area contributed by atoms with Crippen LogP contribution in [0.3, 0.4) is 0 Å². The van der Waals surface area contributed by atoms with Crippen LogP contribution in [0.2, 0.25) is 5.02 Å². The summed E-state index contributed by atoms with van der Waals surface area (Å²) in [6.07, 6.45) is -0.116. The summed E-state index contributed by atoms with van der Waals surface area (Å²) in [6.45, 7) is 2.28. The van der Waals surface area contributed by atoms with Crippen LogP contribution in [-0.4, -0.2) is 35.1 Å². The lowest BCUT2D eigenvalue weighted by atomic mass is 10.2. The molecule has 0 aromatic heterocycles. The van der Waals surface area contributed by atoms with E-state index < -0.39 is 12.0 Å². The Morgan fingerprint density at radius 1 is 1.50 bits per heavy atom. The number of carboxylic acids is 1. The average molecular weight is 296 g/mol. The highest BCUT2D eigenvalue weighted by Gasteiger charge is 2.13. The first-order valence-electron chi connectivity index (χ1n) is 5.95. The van der Waals surface area contributed by atoms with Crippen molar-refractivity contribution in [2.75, 3.05) is 18.4 Å². The van der Waals surface area contributed by atoms with Gasteiger partial charge in [-0.2, -0.15) is 5.26 Å². The minimum absolute atomic E-state index is 0.116. The number of urea groups is 1. The number of aliphatic carboxylic acids is 1. The van der Waals surface area contributed by atoms with Gasteiger partial charge in [-0.05, 0) is 25.1 Å². The summed E-state index contributed by atoms with van der Waals surface area (Å²) in [4.78, 5) is 23.8. The maximum absolute atomic E-state index is 11.9. The molecule has 0 fully saturated rings. The fourth-order valence-corrected chi connectivity index (χ4v) is 1.74. The Hall–Kier alpha value is -2.26. The van der Waals surface area contributed by atoms with E-state index in [1.165, 1.54) is 17.0 Å². The number of hydrogen-bond acceptors (Lipinski definition) is 3. The topological polar surface area (TPSA) is 93.4 Å². The highest BCUT2D eigenvalue weighted by atomic mass is 35.5. The van der Waals surface area contributed by atoms with Gasteiger partial charge in [0.15, 0.2) is 0 Å². The molecule has 0 aliphatic rings. The number of hydrogen-bond donors (Lipinski definition) is 2. The lowest BCUT2D eigenvalue weighted by Crippen LogP contribution is -2.36. The molecular weight excluding hydrogens is 282 g/mol. The molecule has 1 aromatic rings. The van der Waals surface area contributed by atoms with Crippen molar-refractivity contribution in [3.8, 4) is 6.07 Å². The molecule has 0 aliphatic heterocycles. The molecule has 2 N–H and O–H groups in total. The zero-order valence-electron chi connectivity index (χ0n) is 10.9. The second kappa shape index (κ2) is 7.36. The number of nitriles is 1. The van der Waals surface area contributed by atoms with E-state index in [1.54, 1.807) is 13.0 Å². The van der Waals surface area contributed by atoms with Gasteiger partial charge in [-0.1, -0.05) is 11.6 Å². The summed E-state index contributed by atoms with van der Waals surface area (Å²) in [5.74, 6) is -0.960. The summed E-state index contributed by atoms with van der Waals surface area (Å²) in [5.41, 5.74) is 0.774. The van der Waals surface area contributed by atoms with E-state index in [0.717, 1.165) is 0 Å². The van der Waals surface area contributed by atoms with Gasteiger partial charge in [0.1, 0.15) is 6.07 Å². The standard InChI is InChI=1S/C13H14ClN3O3/c1-2-17(6-5-12(18)19)13(20)16-10-4-3-9(8-15)11(14)7-10/h3-4,7H,2,5-6H2,1H3,(H,16,20)(H,18,19). The molecule has 106 valence electrons. The van der Waals surface area contributed by atoms with Gasteiger partial charge in [0, 0.05) is 18.8 Å². The second-order valence-corrected chi connectivity index (χ2v) is 4.37. The van der Waals surface area contributed by atoms with E-state index in [4.69, 9.17) is 22.0 Å². The molecule has 0 bridgehead atoms. The van der Waals surface area contributed by atoms with Crippen LogP contribution in [0.4, 0.5) is 10.5 Å². The number of carbonyl (C=O) groups is 2. The van der Waals surface area contributed by atoms with Gasteiger partial charge in [-0.3, -0.25) is 4.79 Å². The lowest BCUT2D eigenvalue weighted by Gasteiger charge is -2.20. The molecule has 20 heavy (non-hydrogen) atoms. The minimum Gasteiger partial charge on any atom is -0.481 e. The quantitative estimate of drug-likeness (QED) is 0.873. The molecule has 0 saturated heterocycles. The predicted octanol–water partition coefficient (Wildman–Crippen LogP) is 2.54. The molecule has 0 saturated carbocycles. The second-order valence-electron chi connectivity index (χ2n) is 3.96. The molecule has 0 atom stereocenters. The van der Waals surface area contributed by atoms with Crippen LogP contribution in [0.1, 0.15) is 18.9 Å². The van der Waals surface area contributed by atoms with E-state index in [9.17, 15) is 9.59 Å². The Labute approximate surface area is 121 Å². The van der Waals surface area contributed by atoms with Gasteiger partial charge in [-0.25, -0.2) is 4.79 Å². The Bertz CT molecular complexity index is 554. The van der Waals surface area contributed by atoms with Crippen LogP contribution >= 0.6 is 11.6 Å². The molecule has 0 aliphatic carbocycles. The van der Waals surface area contributed by atoms with Crippen molar-refractivity contribution in [2.24, 2.45) is 0 Å². The highest BCUT2D eigenvalue weighted by Crippen LogP contribution is 2.20. The number of rotatable bonds is 5. The molecule has 0 radical (unpaired) electrons. The molecule has 0 heterocycles. The van der Waals surface area contributed by atoms with E-state index in [1.807, 2.05) is 6.07 Å². The van der Waals surface area contributed by atoms with E-state index in [0.29, 0.717) is 17.8 Å². The van der Waals surface area contributed by atoms with Crippen molar-refractivity contribution in [2.45, 2.75) is 13.3 Å². The first kappa shape index (κ1) is 15.8. The van der Waals surface area contributed by atoms with Crippen LogP contribution in [-0.2, 0) is 4.79 Å². The van der Waals surface area contributed by atoms with E-state index in [2.05, 4.69) is 5.32 Å². The van der Waals surface area contributed by atoms with Crippen LogP contribution in [0.15, 0.2) is 18.2 Å². The molecule has 1 aromatic carbocycles. The number of nitrogens with one attached hydrogen (secondary N) is 1. The molecular formula is C13H14ClN3O3. The van der Waals surface area contributed by atoms with Gasteiger partial charge in [0.25, 0.3) is 0 Å². The lowest BCUT2D eigenvalue weighted by molar-refractivity contribution is -0.137. The number of carbonyl (C=O) groups excluding carboxylic acids is 1. The third kappa shape index (κ3) is 4.44. The van der Waals surface area contributed by atoms with Crippen molar-refractivity contribution in [3.63, 3.8) is 0 Å². The zero-order valence-corrected chi connectivity index (χ0v) is 11.6. The Kier molecular flexibility index (Phi) is 5.81. The fourth-order valence-electron chi connectivity index (χ4n) is 1.52. The molecule has 0 unspecified atom stereocenters. The SMILES string of the molecule is CCN(CCC(=O)O)C(=O)Nc1ccc(C#N)c(Cl)c1. The molecule has 0 spiro atoms. The molecule has 1 rings (SSSR count). The summed E-state index contributed by atoms with van der Waals surface area (Å²) in [7, 11) is 0. The Morgan fingerprint density at radius 2 is 2.20 bits per heavy atom. The van der Waals surface area contributed by atoms with Gasteiger partial charge in [0.05, 0.1) is 17.0 Å². The van der Waals surface area contributed by atoms with Crippen LogP contribution in [0, 0.1) is 11.3 Å². The van der Waals surface area contributed by atoms with Crippen molar-refractivity contribution in [1.82, 2.24) is 4.90 Å². The maximum atomic E-state index is 11.9. The first-order valence-corrected chi connectivity index (χ1v) is 6.33. The third-order valence-electron chi connectivity index (χ3n) is 2.61. The fraction of sp³-hybridized carbons (Fsp3) is 0.308. The number of carboxylic acid groups (broad SMARTS) is 1. The van der Waals surface area contributed by atoms with Gasteiger partial charge >= 0.3 is 12.0 Å². The summed E-state index contributed by atoms with van der Waals surface area (Å²) < 4.78 is 0. The summed E-state index contributed by atoms with van der Waals surface area (Å²) >= 11 is 5.86. The van der Waals surface area contributed by atoms with Crippen LogP contribution in [0.25, 0.3) is 0 Å².